The van der Waals surface area contributed by atoms with Gasteiger partial charge in [0.25, 0.3) is 5.89 Å². The van der Waals surface area contributed by atoms with Crippen molar-refractivity contribution >= 4 is 29.3 Å². The van der Waals surface area contributed by atoms with Crippen LogP contribution in [0, 0.1) is 6.92 Å². The smallest absolute Gasteiger partial charge is 0.316 e. The Bertz CT molecular complexity index is 894. The number of rotatable bonds is 7. The molecule has 0 saturated heterocycles. The first kappa shape index (κ1) is 18.4. The second-order valence-electron chi connectivity index (χ2n) is 5.22. The zero-order valence-corrected chi connectivity index (χ0v) is 15.8. The molecule has 0 atom stereocenters. The van der Waals surface area contributed by atoms with Crippen molar-refractivity contribution in [2.45, 2.75) is 32.2 Å². The van der Waals surface area contributed by atoms with Gasteiger partial charge < -0.3 is 13.7 Å². The van der Waals surface area contributed by atoms with E-state index in [1.54, 1.807) is 19.1 Å². The van der Waals surface area contributed by atoms with Gasteiger partial charge >= 0.3 is 5.97 Å². The molecule has 136 valence electrons. The van der Waals surface area contributed by atoms with Gasteiger partial charge in [-0.25, -0.2) is 0 Å². The maximum absolute atomic E-state index is 11.9. The van der Waals surface area contributed by atoms with Gasteiger partial charge in [-0.1, -0.05) is 23.4 Å². The summed E-state index contributed by atoms with van der Waals surface area (Å²) >= 11 is 7.19. The van der Waals surface area contributed by atoms with E-state index in [1.807, 2.05) is 23.6 Å². The van der Waals surface area contributed by atoms with Gasteiger partial charge in [-0.15, -0.1) is 20.4 Å². The maximum atomic E-state index is 11.9. The van der Waals surface area contributed by atoms with Gasteiger partial charge in [0.05, 0.1) is 5.75 Å². The molecule has 26 heavy (non-hydrogen) atoms. The Morgan fingerprint density at radius 1 is 1.23 bits per heavy atom. The first-order valence-electron chi connectivity index (χ1n) is 7.83. The SMILES string of the molecule is CCn1c(SCC(=O)OCc2nnc(C)o2)nnc1-c1ccc(Cl)cc1. The minimum absolute atomic E-state index is 0.0449. The molecule has 0 aliphatic carbocycles. The molecule has 1 aromatic carbocycles. The fraction of sp³-hybridized carbons (Fsp3) is 0.312. The Hall–Kier alpha value is -2.39. The van der Waals surface area contributed by atoms with Crippen molar-refractivity contribution in [2.24, 2.45) is 0 Å². The lowest BCUT2D eigenvalue weighted by atomic mass is 10.2. The lowest BCUT2D eigenvalue weighted by molar-refractivity contribution is -0.142. The molecule has 0 bridgehead atoms. The predicted molar refractivity (Wildman–Crippen MR) is 95.7 cm³/mol. The first-order chi connectivity index (χ1) is 12.6. The van der Waals surface area contributed by atoms with E-state index in [2.05, 4.69) is 20.4 Å². The van der Waals surface area contributed by atoms with Gasteiger partial charge in [0.1, 0.15) is 0 Å². The zero-order valence-electron chi connectivity index (χ0n) is 14.2. The van der Waals surface area contributed by atoms with Crippen molar-refractivity contribution < 1.29 is 13.9 Å². The first-order valence-corrected chi connectivity index (χ1v) is 9.19. The molecule has 0 amide bonds. The van der Waals surface area contributed by atoms with Crippen molar-refractivity contribution in [3.63, 3.8) is 0 Å². The molecule has 0 saturated carbocycles. The largest absolute Gasteiger partial charge is 0.455 e. The highest BCUT2D eigenvalue weighted by atomic mass is 35.5. The molecule has 0 N–H and O–H groups in total. The van der Waals surface area contributed by atoms with Crippen LogP contribution in [0.5, 0.6) is 0 Å². The number of benzene rings is 1. The lowest BCUT2D eigenvalue weighted by Crippen LogP contribution is -2.09. The molecule has 8 nitrogen and oxygen atoms in total. The number of carbonyl (C=O) groups is 1. The van der Waals surface area contributed by atoms with Gasteiger partial charge in [-0.2, -0.15) is 0 Å². The van der Waals surface area contributed by atoms with Gasteiger partial charge in [-0.05, 0) is 31.2 Å². The summed E-state index contributed by atoms with van der Waals surface area (Å²) in [6, 6.07) is 7.37. The summed E-state index contributed by atoms with van der Waals surface area (Å²) in [4.78, 5) is 11.9. The van der Waals surface area contributed by atoms with Crippen LogP contribution in [0.25, 0.3) is 11.4 Å². The van der Waals surface area contributed by atoms with Crippen LogP contribution in [0.4, 0.5) is 0 Å². The van der Waals surface area contributed by atoms with Gasteiger partial charge in [0.2, 0.25) is 5.89 Å². The van der Waals surface area contributed by atoms with Crippen molar-refractivity contribution in [3.05, 3.63) is 41.1 Å². The highest BCUT2D eigenvalue weighted by molar-refractivity contribution is 7.99. The van der Waals surface area contributed by atoms with Crippen LogP contribution in [0.2, 0.25) is 5.02 Å². The number of thioether (sulfide) groups is 1. The van der Waals surface area contributed by atoms with Crippen LogP contribution in [0.15, 0.2) is 33.8 Å². The molecule has 0 radical (unpaired) electrons. The number of esters is 1. The van der Waals surface area contributed by atoms with Crippen molar-refractivity contribution in [1.29, 1.82) is 0 Å². The van der Waals surface area contributed by atoms with E-state index in [0.717, 1.165) is 11.4 Å². The van der Waals surface area contributed by atoms with Gasteiger partial charge in [0.15, 0.2) is 17.6 Å². The Morgan fingerprint density at radius 3 is 2.65 bits per heavy atom. The van der Waals surface area contributed by atoms with Crippen LogP contribution in [-0.4, -0.2) is 36.7 Å². The van der Waals surface area contributed by atoms with E-state index >= 15 is 0 Å². The number of halogens is 1. The molecule has 3 aromatic rings. The molecule has 10 heteroatoms. The molecule has 0 aliphatic heterocycles. The Labute approximate surface area is 158 Å². The van der Waals surface area contributed by atoms with E-state index in [1.165, 1.54) is 11.8 Å². The Balaban J connectivity index is 1.61. The molecular weight excluding hydrogens is 378 g/mol. The molecule has 2 aromatic heterocycles. The van der Waals surface area contributed by atoms with Crippen molar-refractivity contribution in [2.75, 3.05) is 5.75 Å². The fourth-order valence-electron chi connectivity index (χ4n) is 2.20. The third-order valence-corrected chi connectivity index (χ3v) is 4.57. The Kier molecular flexibility index (Phi) is 5.89. The van der Waals surface area contributed by atoms with Crippen molar-refractivity contribution in [3.8, 4) is 11.4 Å². The molecule has 3 rings (SSSR count). The molecular formula is C16H16ClN5O3S. The average Bonchev–Trinajstić information content (AvgIpc) is 3.24. The van der Waals surface area contributed by atoms with E-state index in [0.29, 0.717) is 22.6 Å². The van der Waals surface area contributed by atoms with E-state index in [9.17, 15) is 4.79 Å². The van der Waals surface area contributed by atoms with Crippen LogP contribution in [0.3, 0.4) is 0 Å². The second-order valence-corrected chi connectivity index (χ2v) is 6.60. The Morgan fingerprint density at radius 2 is 2.00 bits per heavy atom. The van der Waals surface area contributed by atoms with Crippen LogP contribution < -0.4 is 0 Å². The standard InChI is InChI=1S/C16H16ClN5O3S/c1-3-22-15(11-4-6-12(17)7-5-11)20-21-16(22)26-9-14(23)24-8-13-19-18-10(2)25-13/h4-7H,3,8-9H2,1-2H3. The average molecular weight is 394 g/mol. The highest BCUT2D eigenvalue weighted by Gasteiger charge is 2.15. The molecule has 0 fully saturated rings. The minimum Gasteiger partial charge on any atom is -0.455 e. The number of ether oxygens (including phenoxy) is 1. The third kappa shape index (κ3) is 4.41. The minimum atomic E-state index is -0.399. The number of hydrogen-bond donors (Lipinski definition) is 0. The summed E-state index contributed by atoms with van der Waals surface area (Å²) in [5, 5.41) is 17.1. The maximum Gasteiger partial charge on any atom is 0.316 e. The van der Waals surface area contributed by atoms with Crippen LogP contribution in [0.1, 0.15) is 18.7 Å². The van der Waals surface area contributed by atoms with E-state index < -0.39 is 5.97 Å². The second kappa shape index (κ2) is 8.33. The van der Waals surface area contributed by atoms with E-state index in [-0.39, 0.29) is 18.3 Å². The summed E-state index contributed by atoms with van der Waals surface area (Å²) in [6.45, 7) is 4.29. The highest BCUT2D eigenvalue weighted by Crippen LogP contribution is 2.25. The monoisotopic (exact) mass is 393 g/mol. The summed E-state index contributed by atoms with van der Waals surface area (Å²) < 4.78 is 12.2. The van der Waals surface area contributed by atoms with Gasteiger partial charge in [-0.3, -0.25) is 4.79 Å². The summed E-state index contributed by atoms with van der Waals surface area (Å²) in [5.74, 6) is 1.12. The lowest BCUT2D eigenvalue weighted by Gasteiger charge is -2.07. The molecule has 0 aliphatic rings. The number of nitrogens with zero attached hydrogens (tertiary/aromatic N) is 5. The van der Waals surface area contributed by atoms with Crippen molar-refractivity contribution in [1.82, 2.24) is 25.0 Å². The summed E-state index contributed by atoms with van der Waals surface area (Å²) in [6.07, 6.45) is 0. The fourth-order valence-corrected chi connectivity index (χ4v) is 3.12. The number of carbonyl (C=O) groups excluding carboxylic acids is 1. The summed E-state index contributed by atoms with van der Waals surface area (Å²) in [7, 11) is 0. The van der Waals surface area contributed by atoms with Crippen LogP contribution in [-0.2, 0) is 22.7 Å². The topological polar surface area (TPSA) is 95.9 Å². The van der Waals surface area contributed by atoms with Crippen LogP contribution >= 0.6 is 23.4 Å². The van der Waals surface area contributed by atoms with E-state index in [4.69, 9.17) is 20.8 Å². The molecule has 2 heterocycles. The predicted octanol–water partition coefficient (Wildman–Crippen LogP) is 3.15. The zero-order chi connectivity index (χ0) is 18.5. The van der Waals surface area contributed by atoms with Gasteiger partial charge in [0, 0.05) is 24.1 Å². The normalized spacial score (nSPS) is 10.9. The quantitative estimate of drug-likeness (QED) is 0.446. The number of aromatic nitrogens is 5. The molecule has 0 spiro atoms. The summed E-state index contributed by atoms with van der Waals surface area (Å²) in [5.41, 5.74) is 0.907. The molecule has 0 unspecified atom stereocenters. The third-order valence-electron chi connectivity index (χ3n) is 3.38. The number of hydrogen-bond acceptors (Lipinski definition) is 8. The number of aryl methyl sites for hydroxylation is 1.